The number of carboxylic acid groups (broad SMARTS) is 2. The molecule has 2 saturated heterocycles. The summed E-state index contributed by atoms with van der Waals surface area (Å²) in [5.41, 5.74) is 4.43. The molecule has 0 aliphatic carbocycles. The van der Waals surface area contributed by atoms with E-state index in [9.17, 15) is 53.4 Å². The largest absolute Gasteiger partial charge is 0.494 e. The maximum absolute atomic E-state index is 16.0. The molecule has 2 fully saturated rings. The number of ether oxygens (including phenoxy) is 2. The molecule has 113 heavy (non-hydrogen) atoms. The number of nitrogens with zero attached hydrogens (tertiary/aromatic N) is 9. The summed E-state index contributed by atoms with van der Waals surface area (Å²) in [6.45, 7) is 3.45. The number of fused-ring (bicyclic) bond motifs is 16. The fourth-order valence-electron chi connectivity index (χ4n) is 14.2. The minimum Gasteiger partial charge on any atom is -0.494 e. The second-order valence-electron chi connectivity index (χ2n) is 28.9. The molecule has 10 bridgehead atoms. The van der Waals surface area contributed by atoms with Crippen molar-refractivity contribution >= 4 is 70.8 Å². The lowest BCUT2D eigenvalue weighted by molar-refractivity contribution is -0.844. The van der Waals surface area contributed by atoms with Gasteiger partial charge in [0.25, 0.3) is 0 Å². The third-order valence-electron chi connectivity index (χ3n) is 20.7. The summed E-state index contributed by atoms with van der Waals surface area (Å²) < 4.78 is 15.5. The van der Waals surface area contributed by atoms with Crippen LogP contribution in [-0.2, 0) is 111 Å². The predicted molar refractivity (Wildman–Crippen MR) is 410 cm³/mol. The van der Waals surface area contributed by atoms with Gasteiger partial charge in [-0.2, -0.15) is 0 Å². The Balaban J connectivity index is 0.943. The van der Waals surface area contributed by atoms with Gasteiger partial charge in [-0.1, -0.05) is 102 Å². The van der Waals surface area contributed by atoms with Crippen LogP contribution in [0.5, 0.6) is 11.5 Å². The smallest absolute Gasteiger partial charge is 0.326 e. The monoisotopic (exact) mass is 1550 g/mol. The van der Waals surface area contributed by atoms with Crippen LogP contribution in [0.15, 0.2) is 146 Å². The molecule has 15 rings (SSSR count). The molecule has 5 aromatic carbocycles. The molecule has 10 atom stereocenters. The lowest BCUT2D eigenvalue weighted by Gasteiger charge is -2.30. The summed E-state index contributed by atoms with van der Waals surface area (Å²) in [5.74, 6) is -6.98. The van der Waals surface area contributed by atoms with Crippen LogP contribution in [0.3, 0.4) is 0 Å². The number of benzene rings is 5. The van der Waals surface area contributed by atoms with Crippen LogP contribution < -0.4 is 62.1 Å². The first-order chi connectivity index (χ1) is 54.5. The summed E-state index contributed by atoms with van der Waals surface area (Å²) in [5, 5.41) is 60.7. The fourth-order valence-corrected chi connectivity index (χ4v) is 14.2. The molecule has 598 valence electrons. The van der Waals surface area contributed by atoms with Crippen LogP contribution >= 0.6 is 0 Å². The summed E-state index contributed by atoms with van der Waals surface area (Å²) >= 11 is 0. The number of carbonyl (C=O) groups excluding carboxylic acids is 9. The molecule has 10 unspecified atom stereocenters. The normalized spacial score (nSPS) is 22.4. The zero-order valence-electron chi connectivity index (χ0n) is 63.7. The average molecular weight is 1550 g/mol. The van der Waals surface area contributed by atoms with E-state index in [-0.39, 0.29) is 104 Å². The molecule has 11 N–H and O–H groups in total. The van der Waals surface area contributed by atoms with Crippen LogP contribution in [-0.4, -0.2) is 229 Å². The van der Waals surface area contributed by atoms with Gasteiger partial charge < -0.3 is 77.3 Å². The molecule has 0 saturated carbocycles. The van der Waals surface area contributed by atoms with Crippen molar-refractivity contribution in [2.45, 2.75) is 165 Å². The van der Waals surface area contributed by atoms with E-state index in [1.807, 2.05) is 18.2 Å². The van der Waals surface area contributed by atoms with Crippen molar-refractivity contribution in [2.75, 3.05) is 65.3 Å². The number of nitrogens with one attached hydrogen (secondary N) is 9. The van der Waals surface area contributed by atoms with E-state index in [4.69, 9.17) is 14.6 Å². The number of hydrogen-bond donors (Lipinski definition) is 11. The molecular weight excluding hydrogens is 1450 g/mol. The van der Waals surface area contributed by atoms with E-state index < -0.39 is 132 Å². The van der Waals surface area contributed by atoms with Crippen molar-refractivity contribution in [3.8, 4) is 11.5 Å². The van der Waals surface area contributed by atoms with Crippen LogP contribution in [0.1, 0.15) is 91.2 Å². The second-order valence-corrected chi connectivity index (χ2v) is 28.9. The minimum absolute atomic E-state index is 0.00113. The Hall–Kier alpha value is -12.0. The number of anilines is 1. The van der Waals surface area contributed by atoms with E-state index in [0.717, 1.165) is 5.56 Å². The number of carboxylic acids is 2. The number of aryl methyl sites for hydroxylation is 2. The quantitative estimate of drug-likeness (QED) is 0.0524. The molecule has 10 heterocycles. The van der Waals surface area contributed by atoms with Crippen LogP contribution in [0.25, 0.3) is 0 Å². The van der Waals surface area contributed by atoms with E-state index in [0.29, 0.717) is 76.8 Å². The highest BCUT2D eigenvalue weighted by Crippen LogP contribution is 2.28. The van der Waals surface area contributed by atoms with E-state index in [1.165, 1.54) is 9.80 Å². The van der Waals surface area contributed by atoms with Crippen molar-refractivity contribution in [3.63, 3.8) is 0 Å². The number of amides is 9. The van der Waals surface area contributed by atoms with Crippen molar-refractivity contribution in [3.05, 3.63) is 185 Å². The molecular formula is C80H99N18O15+. The first-order valence-corrected chi connectivity index (χ1v) is 38.2. The number of rotatable bonds is 14. The third kappa shape index (κ3) is 22.9. The van der Waals surface area contributed by atoms with Crippen LogP contribution in [0.4, 0.5) is 5.69 Å². The van der Waals surface area contributed by atoms with Crippen molar-refractivity contribution in [1.29, 1.82) is 0 Å². The molecule has 7 aromatic rings. The molecule has 8 aliphatic heterocycles. The van der Waals surface area contributed by atoms with Gasteiger partial charge in [0.15, 0.2) is 0 Å². The molecule has 9 amide bonds. The summed E-state index contributed by atoms with van der Waals surface area (Å²) in [6.07, 6.45) is 4.18. The SMILES string of the molecule is CNC(C)C(=O)NC1Cc2ccc(cc2)NC(=O)CCc2cn([n+](C3CC4C(=O)NC(Cc5ccccc5)C(=O)NC(C(=O)O)Cc5ccc(cc5)OCCCn5cc(nn5)COc5ccc(cc5)CC(NC(=O)C(C)NC)C(=O)N4C3)n2)CCN(CC(=O)O)CCNC(=O)C(Cc2ccccc2)NC(=O)C2CCCN2C1=O. The lowest BCUT2D eigenvalue weighted by Crippen LogP contribution is -2.59. The Morgan fingerprint density at radius 3 is 1.77 bits per heavy atom. The summed E-state index contributed by atoms with van der Waals surface area (Å²) in [7, 11) is 3.20. The average Bonchev–Trinajstić information content (AvgIpc) is 1.63. The molecule has 0 radical (unpaired) electrons. The van der Waals surface area contributed by atoms with Crippen molar-refractivity contribution in [1.82, 2.24) is 82.0 Å². The van der Waals surface area contributed by atoms with Crippen molar-refractivity contribution < 1.29 is 77.2 Å². The van der Waals surface area contributed by atoms with Gasteiger partial charge in [0, 0.05) is 106 Å². The first-order valence-electron chi connectivity index (χ1n) is 38.2. The first kappa shape index (κ1) is 82.0. The second kappa shape index (κ2) is 39.3. The fraction of sp³-hybridized carbons (Fsp3) is 0.438. The zero-order valence-corrected chi connectivity index (χ0v) is 63.7. The van der Waals surface area contributed by atoms with Gasteiger partial charge in [-0.05, 0) is 105 Å². The topological polar surface area (TPSA) is 417 Å². The Morgan fingerprint density at radius 2 is 1.17 bits per heavy atom. The van der Waals surface area contributed by atoms with Gasteiger partial charge in [0.1, 0.15) is 71.8 Å². The standard InChI is InChI=1S/C80H98N18O15/c1-50(81-3)72(102)87-65-41-54-18-24-57(25-19-54)84-70(99)31-26-58-46-95(37-36-93(48-71(100)101)35-32-83-74(104)63(39-52-13-7-5-8-14-52)85-76(106)68-17-11-34-96(68)78(65)108)98(91-58)60-44-69-77(107)86-64(40-53-15-9-6-10-16-53)75(105)89-67(80(110)111)43-56-20-27-61(28-21-56)112-38-12-33-94-45-59(90-92-94)49-113-62-29-22-55(23-30-62)42-66(79(109)97(69)47-60)88-73(103)51(2)82-4/h5-10,13-16,18-25,27-30,45-46,50-51,60,63-69,81-82H,11-12,17,26,31-44,47-49H2,1-4H3,(H8-,83,84,85,86,87,88,89,99,100,101,102,103,104,105,106,107,110,111)/p+1. The maximum atomic E-state index is 16.0. The Labute approximate surface area is 653 Å². The Morgan fingerprint density at radius 1 is 0.593 bits per heavy atom. The van der Waals surface area contributed by atoms with E-state index in [1.54, 1.807) is 175 Å². The van der Waals surface area contributed by atoms with Crippen LogP contribution in [0.2, 0.25) is 0 Å². The van der Waals surface area contributed by atoms with Crippen LogP contribution in [0, 0.1) is 0 Å². The number of likely N-dealkylation sites (N-methyl/N-ethyl adjacent to an activating group) is 2. The molecule has 33 heteroatoms. The third-order valence-corrected chi connectivity index (χ3v) is 20.7. The predicted octanol–water partition coefficient (Wildman–Crippen LogP) is 0.582. The van der Waals surface area contributed by atoms with Gasteiger partial charge in [0.2, 0.25) is 59.2 Å². The highest BCUT2D eigenvalue weighted by Gasteiger charge is 2.49. The highest BCUT2D eigenvalue weighted by atomic mass is 16.5. The Kier molecular flexibility index (Phi) is 28.5. The molecule has 0 spiro atoms. The van der Waals surface area contributed by atoms with Gasteiger partial charge in [0.05, 0.1) is 50.7 Å². The summed E-state index contributed by atoms with van der Waals surface area (Å²) in [4.78, 5) is 164. The minimum atomic E-state index is -1.49. The highest BCUT2D eigenvalue weighted by molar-refractivity contribution is 5.98. The Bertz CT molecular complexity index is 4470. The number of aliphatic carboxylic acids is 2. The maximum Gasteiger partial charge on any atom is 0.326 e. The van der Waals surface area contributed by atoms with Gasteiger partial charge in [-0.15, -0.1) is 9.78 Å². The number of hydrogen-bond acceptors (Lipinski definition) is 19. The van der Waals surface area contributed by atoms with E-state index >= 15 is 9.59 Å². The van der Waals surface area contributed by atoms with E-state index in [2.05, 4.69) is 58.2 Å². The molecule has 8 aliphatic rings. The number of carbonyl (C=O) groups is 11. The lowest BCUT2D eigenvalue weighted by atomic mass is 10.0. The zero-order chi connectivity index (χ0) is 80.1. The summed E-state index contributed by atoms with van der Waals surface area (Å²) in [6, 6.07) is 26.9. The van der Waals surface area contributed by atoms with Crippen molar-refractivity contribution in [2.24, 2.45) is 0 Å². The van der Waals surface area contributed by atoms with Gasteiger partial charge >= 0.3 is 11.9 Å². The number of aromatic nitrogens is 6. The molecule has 33 nitrogen and oxygen atoms in total. The van der Waals surface area contributed by atoms with Gasteiger partial charge in [-0.25, -0.2) is 4.79 Å². The van der Waals surface area contributed by atoms with Gasteiger partial charge in [-0.3, -0.25) is 57.5 Å². The molecule has 2 aromatic heterocycles.